The van der Waals surface area contributed by atoms with E-state index >= 15 is 0 Å². The zero-order chi connectivity index (χ0) is 11.4. The van der Waals surface area contributed by atoms with Crippen molar-refractivity contribution in [2.75, 3.05) is 19.6 Å². The minimum Gasteiger partial charge on any atom is -0.387 e. The maximum Gasteiger partial charge on any atom is 0.111 e. The van der Waals surface area contributed by atoms with Crippen LogP contribution >= 0.6 is 0 Å². The van der Waals surface area contributed by atoms with E-state index in [0.717, 1.165) is 13.1 Å². The van der Waals surface area contributed by atoms with Crippen molar-refractivity contribution in [1.29, 1.82) is 0 Å². The van der Waals surface area contributed by atoms with Crippen LogP contribution in [0.15, 0.2) is 6.20 Å². The fraction of sp³-hybridized carbons (Fsp3) is 0.818. The Balaban J connectivity index is 1.82. The number of aliphatic hydroxyl groups excluding tert-OH is 1. The number of hydrogen-bond donors (Lipinski definition) is 1. The summed E-state index contributed by atoms with van der Waals surface area (Å²) in [4.78, 5) is 2.44. The average Bonchev–Trinajstić information content (AvgIpc) is 2.96. The molecule has 1 N–H and O–H groups in total. The Bertz CT molecular complexity index is 320. The number of aromatic nitrogens is 3. The average molecular weight is 224 g/mol. The second-order valence-electron chi connectivity index (χ2n) is 4.38. The van der Waals surface area contributed by atoms with Gasteiger partial charge in [0.1, 0.15) is 5.69 Å². The zero-order valence-corrected chi connectivity index (χ0v) is 9.84. The van der Waals surface area contributed by atoms with Crippen LogP contribution in [0.3, 0.4) is 0 Å². The van der Waals surface area contributed by atoms with Crippen LogP contribution in [0.5, 0.6) is 0 Å². The fourth-order valence-corrected chi connectivity index (χ4v) is 2.03. The first kappa shape index (κ1) is 11.5. The topological polar surface area (TPSA) is 54.2 Å². The third kappa shape index (κ3) is 2.80. The second-order valence-corrected chi connectivity index (χ2v) is 4.38. The van der Waals surface area contributed by atoms with Gasteiger partial charge in [0.25, 0.3) is 0 Å². The van der Waals surface area contributed by atoms with Gasteiger partial charge in [-0.2, -0.15) is 0 Å². The number of rotatable bonds is 5. The van der Waals surface area contributed by atoms with Gasteiger partial charge in [0.15, 0.2) is 0 Å². The highest BCUT2D eigenvalue weighted by Crippen LogP contribution is 2.12. The molecule has 0 bridgehead atoms. The Hall–Kier alpha value is -0.940. The van der Waals surface area contributed by atoms with Crippen LogP contribution in [0.2, 0.25) is 0 Å². The SMILES string of the molecule is CCC(O)c1cn(CCN2CCCC2)nn1. The number of aliphatic hydroxyl groups is 1. The molecular formula is C11H20N4O. The summed E-state index contributed by atoms with van der Waals surface area (Å²) in [5.74, 6) is 0. The summed E-state index contributed by atoms with van der Waals surface area (Å²) in [5.41, 5.74) is 0.684. The number of hydrogen-bond acceptors (Lipinski definition) is 4. The van der Waals surface area contributed by atoms with Gasteiger partial charge >= 0.3 is 0 Å². The molecule has 0 aromatic carbocycles. The van der Waals surface area contributed by atoms with Crippen molar-refractivity contribution in [3.05, 3.63) is 11.9 Å². The van der Waals surface area contributed by atoms with Gasteiger partial charge in [0.05, 0.1) is 18.8 Å². The van der Waals surface area contributed by atoms with Crippen molar-refractivity contribution in [3.8, 4) is 0 Å². The van der Waals surface area contributed by atoms with E-state index in [1.165, 1.54) is 25.9 Å². The molecule has 2 heterocycles. The van der Waals surface area contributed by atoms with Crippen molar-refractivity contribution in [2.24, 2.45) is 0 Å². The van der Waals surface area contributed by atoms with Crippen molar-refractivity contribution in [1.82, 2.24) is 19.9 Å². The summed E-state index contributed by atoms with van der Waals surface area (Å²) in [7, 11) is 0. The Morgan fingerprint density at radius 3 is 2.81 bits per heavy atom. The highest BCUT2D eigenvalue weighted by atomic mass is 16.3. The van der Waals surface area contributed by atoms with E-state index in [1.54, 1.807) is 0 Å². The van der Waals surface area contributed by atoms with E-state index in [-0.39, 0.29) is 0 Å². The number of nitrogens with zero attached hydrogens (tertiary/aromatic N) is 4. The van der Waals surface area contributed by atoms with Gasteiger partial charge in [-0.05, 0) is 32.4 Å². The molecule has 1 fully saturated rings. The molecule has 5 nitrogen and oxygen atoms in total. The molecule has 1 atom stereocenters. The molecule has 90 valence electrons. The van der Waals surface area contributed by atoms with Gasteiger partial charge in [0, 0.05) is 6.54 Å². The number of likely N-dealkylation sites (tertiary alicyclic amines) is 1. The lowest BCUT2D eigenvalue weighted by atomic mass is 10.2. The highest BCUT2D eigenvalue weighted by molar-refractivity contribution is 4.96. The molecule has 16 heavy (non-hydrogen) atoms. The summed E-state index contributed by atoms with van der Waals surface area (Å²) >= 11 is 0. The standard InChI is InChI=1S/C11H20N4O/c1-2-11(16)10-9-15(13-12-10)8-7-14-5-3-4-6-14/h9,11,16H,2-8H2,1H3. The second kappa shape index (κ2) is 5.41. The normalized spacial score (nSPS) is 19.1. The first-order valence-electron chi connectivity index (χ1n) is 6.10. The predicted octanol–water partition coefficient (Wildman–Crippen LogP) is 0.817. The van der Waals surface area contributed by atoms with Crippen LogP contribution in [-0.4, -0.2) is 44.6 Å². The summed E-state index contributed by atoms with van der Waals surface area (Å²) in [5, 5.41) is 17.6. The van der Waals surface area contributed by atoms with Gasteiger partial charge in [-0.15, -0.1) is 5.10 Å². The molecular weight excluding hydrogens is 204 g/mol. The van der Waals surface area contributed by atoms with E-state index in [4.69, 9.17) is 0 Å². The third-order valence-corrected chi connectivity index (χ3v) is 3.13. The maximum atomic E-state index is 9.60. The summed E-state index contributed by atoms with van der Waals surface area (Å²) in [6.45, 7) is 6.25. The third-order valence-electron chi connectivity index (χ3n) is 3.13. The van der Waals surface area contributed by atoms with Gasteiger partial charge in [0.2, 0.25) is 0 Å². The molecule has 5 heteroatoms. The molecule has 0 radical (unpaired) electrons. The lowest BCUT2D eigenvalue weighted by molar-refractivity contribution is 0.168. The smallest absolute Gasteiger partial charge is 0.111 e. The van der Waals surface area contributed by atoms with E-state index in [9.17, 15) is 5.11 Å². The van der Waals surface area contributed by atoms with Gasteiger partial charge in [-0.3, -0.25) is 4.68 Å². The molecule has 1 saturated heterocycles. The Morgan fingerprint density at radius 2 is 2.12 bits per heavy atom. The first-order chi connectivity index (χ1) is 7.79. The molecule has 0 amide bonds. The predicted molar refractivity (Wildman–Crippen MR) is 60.9 cm³/mol. The van der Waals surface area contributed by atoms with E-state index < -0.39 is 6.10 Å². The van der Waals surface area contributed by atoms with E-state index in [0.29, 0.717) is 12.1 Å². The molecule has 1 aliphatic rings. The van der Waals surface area contributed by atoms with Crippen molar-refractivity contribution in [3.63, 3.8) is 0 Å². The van der Waals surface area contributed by atoms with Crippen LogP contribution in [0.25, 0.3) is 0 Å². The van der Waals surface area contributed by atoms with E-state index in [2.05, 4.69) is 15.2 Å². The molecule has 1 unspecified atom stereocenters. The van der Waals surface area contributed by atoms with Crippen LogP contribution in [0, 0.1) is 0 Å². The minimum absolute atomic E-state index is 0.472. The van der Waals surface area contributed by atoms with Gasteiger partial charge < -0.3 is 10.0 Å². The lowest BCUT2D eigenvalue weighted by Crippen LogP contribution is -2.24. The Morgan fingerprint density at radius 1 is 1.38 bits per heavy atom. The maximum absolute atomic E-state index is 9.60. The fourth-order valence-electron chi connectivity index (χ4n) is 2.03. The molecule has 0 aliphatic carbocycles. The largest absolute Gasteiger partial charge is 0.387 e. The molecule has 0 spiro atoms. The minimum atomic E-state index is -0.472. The quantitative estimate of drug-likeness (QED) is 0.804. The zero-order valence-electron chi connectivity index (χ0n) is 9.84. The van der Waals surface area contributed by atoms with Crippen LogP contribution < -0.4 is 0 Å². The van der Waals surface area contributed by atoms with Crippen LogP contribution in [0.4, 0.5) is 0 Å². The first-order valence-corrected chi connectivity index (χ1v) is 6.10. The Kier molecular flexibility index (Phi) is 3.90. The summed E-state index contributed by atoms with van der Waals surface area (Å²) in [6.07, 6.45) is 4.70. The highest BCUT2D eigenvalue weighted by Gasteiger charge is 2.12. The van der Waals surface area contributed by atoms with Gasteiger partial charge in [-0.1, -0.05) is 12.1 Å². The molecule has 1 aromatic rings. The molecule has 0 saturated carbocycles. The van der Waals surface area contributed by atoms with Crippen molar-refractivity contribution < 1.29 is 5.11 Å². The van der Waals surface area contributed by atoms with Crippen molar-refractivity contribution in [2.45, 2.75) is 38.8 Å². The summed E-state index contributed by atoms with van der Waals surface area (Å²) < 4.78 is 1.83. The van der Waals surface area contributed by atoms with Gasteiger partial charge in [-0.25, -0.2) is 0 Å². The molecule has 2 rings (SSSR count). The molecule has 1 aromatic heterocycles. The monoisotopic (exact) mass is 224 g/mol. The summed E-state index contributed by atoms with van der Waals surface area (Å²) in [6, 6.07) is 0. The Labute approximate surface area is 96.1 Å². The molecule has 1 aliphatic heterocycles. The van der Waals surface area contributed by atoms with E-state index in [1.807, 2.05) is 17.8 Å². The van der Waals surface area contributed by atoms with Crippen LogP contribution in [0.1, 0.15) is 38.0 Å². The van der Waals surface area contributed by atoms with Crippen LogP contribution in [-0.2, 0) is 6.54 Å². The lowest BCUT2D eigenvalue weighted by Gasteiger charge is -2.13. The van der Waals surface area contributed by atoms with Crippen molar-refractivity contribution >= 4 is 0 Å².